The van der Waals surface area contributed by atoms with Gasteiger partial charge in [-0.1, -0.05) is 0 Å². The van der Waals surface area contributed by atoms with Crippen molar-refractivity contribution >= 4 is 6.03 Å². The summed E-state index contributed by atoms with van der Waals surface area (Å²) in [6, 6.07) is -0.153. The van der Waals surface area contributed by atoms with Gasteiger partial charge < -0.3 is 10.2 Å². The van der Waals surface area contributed by atoms with E-state index in [9.17, 15) is 14.9 Å². The average Bonchev–Trinajstić information content (AvgIpc) is 2.36. The fourth-order valence-electron chi connectivity index (χ4n) is 1.00. The second kappa shape index (κ2) is 3.74. The van der Waals surface area contributed by atoms with Crippen LogP contribution in [-0.4, -0.2) is 42.1 Å². The summed E-state index contributed by atoms with van der Waals surface area (Å²) in [5, 5.41) is 11.8. The van der Waals surface area contributed by atoms with Gasteiger partial charge in [-0.3, -0.25) is 0 Å². The number of urea groups is 1. The first-order valence-electron chi connectivity index (χ1n) is 3.61. The summed E-state index contributed by atoms with van der Waals surface area (Å²) in [7, 11) is 0. The molecule has 0 saturated carbocycles. The van der Waals surface area contributed by atoms with Crippen molar-refractivity contribution < 1.29 is 9.83 Å². The molecule has 2 amide bonds. The monoisotopic (exact) mass is 174 g/mol. The molecule has 0 bridgehead atoms. The molecule has 1 aliphatic rings. The predicted molar refractivity (Wildman–Crippen MR) is 40.0 cm³/mol. The normalized spacial score (nSPS) is 16.0. The van der Waals surface area contributed by atoms with Crippen LogP contribution in [0.5, 0.6) is 0 Å². The van der Waals surface area contributed by atoms with Crippen LogP contribution in [0, 0.1) is 10.1 Å². The summed E-state index contributed by atoms with van der Waals surface area (Å²) >= 11 is 0. The lowest BCUT2D eigenvalue weighted by Crippen LogP contribution is -2.36. The number of hydrazine groups is 1. The molecular formula is C5H10N4O3. The molecule has 1 fully saturated rings. The lowest BCUT2D eigenvalue weighted by Gasteiger charge is -2.11. The minimum Gasteiger partial charge on any atom is -0.336 e. The molecule has 0 unspecified atom stereocenters. The van der Waals surface area contributed by atoms with Crippen molar-refractivity contribution in [2.45, 2.75) is 0 Å². The zero-order valence-electron chi connectivity index (χ0n) is 6.45. The molecule has 0 aliphatic carbocycles. The Balaban J connectivity index is 2.14. The standard InChI is InChI=1S/C5H10N4O3/c10-5-6-1-3-8(5)4-2-7-9(11)12/h7H,1-4H2,(H,6,10). The van der Waals surface area contributed by atoms with Crippen LogP contribution >= 0.6 is 0 Å². The zero-order valence-corrected chi connectivity index (χ0v) is 6.45. The summed E-state index contributed by atoms with van der Waals surface area (Å²) in [4.78, 5) is 22.2. The molecule has 68 valence electrons. The minimum absolute atomic E-state index is 0.153. The summed E-state index contributed by atoms with van der Waals surface area (Å²) in [5.74, 6) is 0. The van der Waals surface area contributed by atoms with Gasteiger partial charge in [0.05, 0.1) is 6.54 Å². The number of carbonyl (C=O) groups is 1. The molecule has 0 aromatic rings. The lowest BCUT2D eigenvalue weighted by atomic mass is 10.5. The lowest BCUT2D eigenvalue weighted by molar-refractivity contribution is -0.544. The van der Waals surface area contributed by atoms with Crippen molar-refractivity contribution in [3.63, 3.8) is 0 Å². The first kappa shape index (κ1) is 8.57. The molecule has 1 heterocycles. The highest BCUT2D eigenvalue weighted by molar-refractivity contribution is 5.76. The van der Waals surface area contributed by atoms with E-state index in [2.05, 4.69) is 5.32 Å². The fraction of sp³-hybridized carbons (Fsp3) is 0.800. The summed E-state index contributed by atoms with van der Waals surface area (Å²) in [5.41, 5.74) is 1.99. The Kier molecular flexibility index (Phi) is 2.67. The molecule has 0 spiro atoms. The second-order valence-corrected chi connectivity index (χ2v) is 2.38. The van der Waals surface area contributed by atoms with E-state index in [1.165, 1.54) is 4.90 Å². The van der Waals surface area contributed by atoms with Crippen LogP contribution in [-0.2, 0) is 0 Å². The van der Waals surface area contributed by atoms with Crippen molar-refractivity contribution in [2.24, 2.45) is 0 Å². The largest absolute Gasteiger partial charge is 0.336 e. The van der Waals surface area contributed by atoms with Crippen LogP contribution in [0.3, 0.4) is 0 Å². The van der Waals surface area contributed by atoms with Gasteiger partial charge >= 0.3 is 6.03 Å². The Morgan fingerprint density at radius 1 is 1.75 bits per heavy atom. The van der Waals surface area contributed by atoms with Crippen LogP contribution in [0.4, 0.5) is 4.79 Å². The Bertz CT molecular complexity index is 195. The first-order chi connectivity index (χ1) is 5.70. The van der Waals surface area contributed by atoms with Crippen LogP contribution in [0.2, 0.25) is 0 Å². The molecule has 2 N–H and O–H groups in total. The number of carbonyl (C=O) groups excluding carboxylic acids is 1. The highest BCUT2D eigenvalue weighted by Gasteiger charge is 2.18. The van der Waals surface area contributed by atoms with E-state index in [0.29, 0.717) is 19.6 Å². The SMILES string of the molecule is O=C1NCCN1CCN[N+](=O)[O-]. The summed E-state index contributed by atoms with van der Waals surface area (Å²) in [6.07, 6.45) is 0. The molecule has 1 rings (SSSR count). The van der Waals surface area contributed by atoms with Crippen molar-refractivity contribution in [2.75, 3.05) is 26.2 Å². The van der Waals surface area contributed by atoms with Gasteiger partial charge in [-0.2, -0.15) is 0 Å². The Hall–Kier alpha value is -1.53. The zero-order chi connectivity index (χ0) is 8.97. The smallest absolute Gasteiger partial charge is 0.317 e. The third-order valence-electron chi connectivity index (χ3n) is 1.57. The third-order valence-corrected chi connectivity index (χ3v) is 1.57. The average molecular weight is 174 g/mol. The van der Waals surface area contributed by atoms with Gasteiger partial charge in [-0.15, -0.1) is 5.43 Å². The molecule has 0 aromatic heterocycles. The Morgan fingerprint density at radius 2 is 2.50 bits per heavy atom. The molecule has 7 heteroatoms. The van der Waals surface area contributed by atoms with Crippen molar-refractivity contribution in [3.05, 3.63) is 10.1 Å². The van der Waals surface area contributed by atoms with E-state index < -0.39 is 5.03 Å². The van der Waals surface area contributed by atoms with Gasteiger partial charge in [-0.05, 0) is 0 Å². The van der Waals surface area contributed by atoms with E-state index in [4.69, 9.17) is 0 Å². The number of amides is 2. The predicted octanol–water partition coefficient (Wildman–Crippen LogP) is -1.21. The van der Waals surface area contributed by atoms with Gasteiger partial charge in [0.2, 0.25) is 0 Å². The number of nitro groups is 1. The second-order valence-electron chi connectivity index (χ2n) is 2.38. The maximum atomic E-state index is 10.9. The highest BCUT2D eigenvalue weighted by Crippen LogP contribution is 1.93. The molecule has 1 saturated heterocycles. The van der Waals surface area contributed by atoms with Gasteiger partial charge in [0.25, 0.3) is 0 Å². The van der Waals surface area contributed by atoms with Gasteiger partial charge in [0.15, 0.2) is 5.03 Å². The van der Waals surface area contributed by atoms with Crippen LogP contribution in [0.1, 0.15) is 0 Å². The van der Waals surface area contributed by atoms with Crippen LogP contribution in [0.15, 0.2) is 0 Å². The van der Waals surface area contributed by atoms with E-state index >= 15 is 0 Å². The minimum atomic E-state index is -0.617. The summed E-state index contributed by atoms with van der Waals surface area (Å²) in [6.45, 7) is 1.79. The van der Waals surface area contributed by atoms with E-state index in [1.54, 1.807) is 0 Å². The number of hydrogen-bond acceptors (Lipinski definition) is 3. The maximum Gasteiger partial charge on any atom is 0.317 e. The van der Waals surface area contributed by atoms with Gasteiger partial charge in [0.1, 0.15) is 0 Å². The number of rotatable bonds is 4. The fourth-order valence-corrected chi connectivity index (χ4v) is 1.00. The molecule has 12 heavy (non-hydrogen) atoms. The number of nitrogens with zero attached hydrogens (tertiary/aromatic N) is 2. The summed E-state index contributed by atoms with van der Waals surface area (Å²) < 4.78 is 0. The van der Waals surface area contributed by atoms with E-state index in [0.717, 1.165) is 0 Å². The molecule has 0 aromatic carbocycles. The molecule has 0 radical (unpaired) electrons. The quantitative estimate of drug-likeness (QED) is 0.413. The molecule has 7 nitrogen and oxygen atoms in total. The number of nitrogens with one attached hydrogen (secondary N) is 2. The van der Waals surface area contributed by atoms with Crippen LogP contribution < -0.4 is 10.7 Å². The highest BCUT2D eigenvalue weighted by atomic mass is 16.7. The van der Waals surface area contributed by atoms with Crippen molar-refractivity contribution in [3.8, 4) is 0 Å². The van der Waals surface area contributed by atoms with Crippen LogP contribution in [0.25, 0.3) is 0 Å². The van der Waals surface area contributed by atoms with E-state index in [1.807, 2.05) is 5.43 Å². The van der Waals surface area contributed by atoms with Crippen molar-refractivity contribution in [1.29, 1.82) is 0 Å². The van der Waals surface area contributed by atoms with Gasteiger partial charge in [0, 0.05) is 19.6 Å². The molecule has 0 atom stereocenters. The van der Waals surface area contributed by atoms with Gasteiger partial charge in [-0.25, -0.2) is 14.9 Å². The Morgan fingerprint density at radius 3 is 3.00 bits per heavy atom. The third kappa shape index (κ3) is 2.26. The molecule has 1 aliphatic heterocycles. The maximum absolute atomic E-state index is 10.9. The topological polar surface area (TPSA) is 87.5 Å². The molecular weight excluding hydrogens is 164 g/mol. The van der Waals surface area contributed by atoms with Crippen molar-refractivity contribution in [1.82, 2.24) is 15.6 Å². The Labute approximate surface area is 68.8 Å². The van der Waals surface area contributed by atoms with E-state index in [-0.39, 0.29) is 12.6 Å². The number of hydrogen-bond donors (Lipinski definition) is 2. The first-order valence-corrected chi connectivity index (χ1v) is 3.61.